The van der Waals surface area contributed by atoms with E-state index >= 15 is 0 Å². The Morgan fingerprint density at radius 3 is 3.00 bits per heavy atom. The summed E-state index contributed by atoms with van der Waals surface area (Å²) >= 11 is 1.46. The van der Waals surface area contributed by atoms with Crippen LogP contribution in [0.5, 0.6) is 0 Å². The molecule has 0 radical (unpaired) electrons. The Balaban J connectivity index is 2.03. The van der Waals surface area contributed by atoms with Gasteiger partial charge in [-0.1, -0.05) is 0 Å². The third kappa shape index (κ3) is 3.14. The number of hydrogen-bond donors (Lipinski definition) is 1. The molecule has 1 saturated heterocycles. The summed E-state index contributed by atoms with van der Waals surface area (Å²) < 4.78 is 38.1. The van der Waals surface area contributed by atoms with Gasteiger partial charge in [0.2, 0.25) is 0 Å². The van der Waals surface area contributed by atoms with Crippen LogP contribution in [0.2, 0.25) is 0 Å². The lowest BCUT2D eigenvalue weighted by molar-refractivity contribution is -0.175. The maximum atomic E-state index is 12.7. The van der Waals surface area contributed by atoms with Gasteiger partial charge < -0.3 is 10.2 Å². The van der Waals surface area contributed by atoms with Gasteiger partial charge in [-0.05, 0) is 19.9 Å². The number of halogens is 3. The first-order valence-electron chi connectivity index (χ1n) is 5.91. The Morgan fingerprint density at radius 2 is 2.33 bits per heavy atom. The molecular weight excluding hydrogens is 263 g/mol. The fourth-order valence-corrected chi connectivity index (χ4v) is 3.07. The van der Waals surface area contributed by atoms with Gasteiger partial charge in [-0.2, -0.15) is 13.2 Å². The lowest BCUT2D eigenvalue weighted by Crippen LogP contribution is -2.41. The van der Waals surface area contributed by atoms with Crippen molar-refractivity contribution < 1.29 is 13.2 Å². The number of rotatable bonds is 3. The van der Waals surface area contributed by atoms with Gasteiger partial charge in [-0.3, -0.25) is 0 Å². The van der Waals surface area contributed by atoms with Crippen molar-refractivity contribution in [1.82, 2.24) is 10.3 Å². The Kier molecular flexibility index (Phi) is 4.11. The molecule has 1 N–H and O–H groups in total. The molecule has 1 atom stereocenters. The highest BCUT2D eigenvalue weighted by molar-refractivity contribution is 7.15. The standard InChI is InChI=1S/C11H16F3N3S/c1-15-5-9-6-16-10(18-9)17-4-2-3-8(7-17)11(12,13)14/h6,8,15H,2-5,7H2,1H3. The van der Waals surface area contributed by atoms with Crippen LogP contribution >= 0.6 is 11.3 Å². The van der Waals surface area contributed by atoms with Crippen LogP contribution in [0.25, 0.3) is 0 Å². The van der Waals surface area contributed by atoms with Gasteiger partial charge in [0.25, 0.3) is 0 Å². The second-order valence-electron chi connectivity index (χ2n) is 4.47. The molecule has 0 aromatic carbocycles. The van der Waals surface area contributed by atoms with E-state index in [2.05, 4.69) is 10.3 Å². The van der Waals surface area contributed by atoms with Gasteiger partial charge >= 0.3 is 6.18 Å². The molecule has 1 unspecified atom stereocenters. The Morgan fingerprint density at radius 1 is 1.56 bits per heavy atom. The van der Waals surface area contributed by atoms with Crippen LogP contribution in [0.4, 0.5) is 18.3 Å². The fourth-order valence-electron chi connectivity index (χ4n) is 2.12. The molecule has 1 aliphatic heterocycles. The third-order valence-corrected chi connectivity index (χ3v) is 4.11. The zero-order valence-electron chi connectivity index (χ0n) is 10.1. The molecule has 1 aromatic rings. The van der Waals surface area contributed by atoms with Crippen LogP contribution in [0.3, 0.4) is 0 Å². The molecular formula is C11H16F3N3S. The van der Waals surface area contributed by atoms with E-state index in [1.165, 1.54) is 11.3 Å². The molecule has 1 aliphatic rings. The zero-order valence-corrected chi connectivity index (χ0v) is 10.9. The first kappa shape index (κ1) is 13.6. The van der Waals surface area contributed by atoms with Crippen molar-refractivity contribution in [3.05, 3.63) is 11.1 Å². The van der Waals surface area contributed by atoms with E-state index in [0.717, 1.165) is 4.88 Å². The summed E-state index contributed by atoms with van der Waals surface area (Å²) in [6.45, 7) is 1.41. The smallest absolute Gasteiger partial charge is 0.347 e. The van der Waals surface area contributed by atoms with Crippen LogP contribution in [-0.2, 0) is 6.54 Å². The second kappa shape index (κ2) is 5.44. The van der Waals surface area contributed by atoms with E-state index in [4.69, 9.17) is 0 Å². The molecule has 3 nitrogen and oxygen atoms in total. The Bertz CT molecular complexity index is 391. The molecule has 0 saturated carbocycles. The van der Waals surface area contributed by atoms with E-state index < -0.39 is 12.1 Å². The highest BCUT2D eigenvalue weighted by Crippen LogP contribution is 2.35. The van der Waals surface area contributed by atoms with Crippen LogP contribution in [0.15, 0.2) is 6.20 Å². The van der Waals surface area contributed by atoms with Crippen molar-refractivity contribution in [3.8, 4) is 0 Å². The molecule has 2 heterocycles. The number of nitrogens with one attached hydrogen (secondary N) is 1. The van der Waals surface area contributed by atoms with Gasteiger partial charge in [0.15, 0.2) is 5.13 Å². The molecule has 2 rings (SSSR count). The fraction of sp³-hybridized carbons (Fsp3) is 0.727. The topological polar surface area (TPSA) is 28.2 Å². The predicted molar refractivity (Wildman–Crippen MR) is 65.9 cm³/mol. The average Bonchev–Trinajstić information content (AvgIpc) is 2.77. The van der Waals surface area contributed by atoms with Gasteiger partial charge in [-0.15, -0.1) is 11.3 Å². The number of aromatic nitrogens is 1. The molecule has 0 aliphatic carbocycles. The summed E-state index contributed by atoms with van der Waals surface area (Å²) in [5.41, 5.74) is 0. The predicted octanol–water partition coefficient (Wildman–Crippen LogP) is 2.64. The van der Waals surface area contributed by atoms with Crippen LogP contribution in [0.1, 0.15) is 17.7 Å². The van der Waals surface area contributed by atoms with Gasteiger partial charge in [0, 0.05) is 30.7 Å². The minimum Gasteiger partial charge on any atom is -0.347 e. The maximum absolute atomic E-state index is 12.7. The van der Waals surface area contributed by atoms with Crippen molar-refractivity contribution in [2.75, 3.05) is 25.0 Å². The number of thiazole rings is 1. The van der Waals surface area contributed by atoms with E-state index in [-0.39, 0.29) is 13.0 Å². The Hall–Kier alpha value is -0.820. The first-order chi connectivity index (χ1) is 8.50. The van der Waals surface area contributed by atoms with E-state index in [1.807, 2.05) is 7.05 Å². The van der Waals surface area contributed by atoms with E-state index in [1.54, 1.807) is 11.1 Å². The van der Waals surface area contributed by atoms with Crippen molar-refractivity contribution in [2.24, 2.45) is 5.92 Å². The molecule has 0 spiro atoms. The highest BCUT2D eigenvalue weighted by Gasteiger charge is 2.42. The van der Waals surface area contributed by atoms with Crippen LogP contribution in [-0.4, -0.2) is 31.3 Å². The van der Waals surface area contributed by atoms with E-state index in [9.17, 15) is 13.2 Å². The number of piperidine rings is 1. The van der Waals surface area contributed by atoms with Crippen LogP contribution in [0, 0.1) is 5.92 Å². The van der Waals surface area contributed by atoms with Gasteiger partial charge in [0.05, 0.1) is 5.92 Å². The summed E-state index contributed by atoms with van der Waals surface area (Å²) in [5, 5.41) is 3.71. The van der Waals surface area contributed by atoms with Crippen molar-refractivity contribution >= 4 is 16.5 Å². The van der Waals surface area contributed by atoms with Gasteiger partial charge in [-0.25, -0.2) is 4.98 Å². The largest absolute Gasteiger partial charge is 0.393 e. The minimum atomic E-state index is -4.09. The first-order valence-corrected chi connectivity index (χ1v) is 6.73. The van der Waals surface area contributed by atoms with Gasteiger partial charge in [0.1, 0.15) is 0 Å². The number of hydrogen-bond acceptors (Lipinski definition) is 4. The summed E-state index contributed by atoms with van der Waals surface area (Å²) in [7, 11) is 1.83. The van der Waals surface area contributed by atoms with E-state index in [0.29, 0.717) is 24.6 Å². The summed E-state index contributed by atoms with van der Waals surface area (Å²) in [4.78, 5) is 7.01. The summed E-state index contributed by atoms with van der Waals surface area (Å²) in [5.74, 6) is -1.22. The quantitative estimate of drug-likeness (QED) is 0.922. The van der Waals surface area contributed by atoms with Crippen molar-refractivity contribution in [2.45, 2.75) is 25.6 Å². The number of alkyl halides is 3. The molecule has 7 heteroatoms. The number of nitrogens with zero attached hydrogens (tertiary/aromatic N) is 2. The maximum Gasteiger partial charge on any atom is 0.393 e. The number of anilines is 1. The Labute approximate surface area is 108 Å². The lowest BCUT2D eigenvalue weighted by atomic mass is 9.98. The zero-order chi connectivity index (χ0) is 13.2. The lowest BCUT2D eigenvalue weighted by Gasteiger charge is -2.33. The molecule has 0 amide bonds. The molecule has 102 valence electrons. The average molecular weight is 279 g/mol. The van der Waals surface area contributed by atoms with Crippen molar-refractivity contribution in [1.29, 1.82) is 0 Å². The molecule has 18 heavy (non-hydrogen) atoms. The normalized spacial score (nSPS) is 21.3. The SMILES string of the molecule is CNCc1cnc(N2CCCC(C(F)(F)F)C2)s1. The van der Waals surface area contributed by atoms with Crippen molar-refractivity contribution in [3.63, 3.8) is 0 Å². The summed E-state index contributed by atoms with van der Waals surface area (Å²) in [6, 6.07) is 0. The third-order valence-electron chi connectivity index (χ3n) is 3.05. The molecule has 1 aromatic heterocycles. The minimum absolute atomic E-state index is 0.0377. The second-order valence-corrected chi connectivity index (χ2v) is 5.56. The summed E-state index contributed by atoms with van der Waals surface area (Å²) in [6.07, 6.45) is -1.56. The highest BCUT2D eigenvalue weighted by atomic mass is 32.1. The molecule has 1 fully saturated rings. The monoisotopic (exact) mass is 279 g/mol. The van der Waals surface area contributed by atoms with Crippen LogP contribution < -0.4 is 10.2 Å². The molecule has 0 bridgehead atoms.